The lowest BCUT2D eigenvalue weighted by atomic mass is 10.0. The van der Waals surface area contributed by atoms with Crippen LogP contribution in [-0.4, -0.2) is 85.6 Å². The third-order valence-electron chi connectivity index (χ3n) is 6.01. The summed E-state index contributed by atoms with van der Waals surface area (Å²) >= 11 is 0. The van der Waals surface area contributed by atoms with E-state index in [-0.39, 0.29) is 11.8 Å². The molecule has 0 spiro atoms. The number of hydrogen-bond acceptors (Lipinski definition) is 6. The van der Waals surface area contributed by atoms with Crippen molar-refractivity contribution in [2.45, 2.75) is 26.2 Å². The van der Waals surface area contributed by atoms with E-state index in [0.29, 0.717) is 44.2 Å². The number of benzene rings is 1. The topological polar surface area (TPSA) is 62.3 Å². The van der Waals surface area contributed by atoms with Crippen LogP contribution in [0.4, 0.5) is 0 Å². The number of carbonyl (C=O) groups excluding carboxylic acids is 2. The van der Waals surface area contributed by atoms with Crippen LogP contribution in [-0.2, 0) is 14.3 Å². The summed E-state index contributed by atoms with van der Waals surface area (Å²) in [5.41, 5.74) is 1.89. The van der Waals surface area contributed by atoms with Crippen LogP contribution in [0.15, 0.2) is 30.0 Å². The third kappa shape index (κ3) is 4.37. The number of hydrogen-bond donors (Lipinski definition) is 0. The SMILES string of the molecule is CCOc1ccc(C2=C(N3CCCCC3)C(=O)N(CCN3CCOCC3)C2=O)cc1. The third-order valence-corrected chi connectivity index (χ3v) is 6.01. The normalized spacial score (nSPS) is 21.0. The van der Waals surface area contributed by atoms with E-state index in [1.807, 2.05) is 31.2 Å². The molecule has 7 nitrogen and oxygen atoms in total. The number of piperidine rings is 1. The van der Waals surface area contributed by atoms with Gasteiger partial charge in [0.15, 0.2) is 0 Å². The summed E-state index contributed by atoms with van der Waals surface area (Å²) in [5, 5.41) is 0. The summed E-state index contributed by atoms with van der Waals surface area (Å²) in [6.07, 6.45) is 3.27. The first-order valence-corrected chi connectivity index (χ1v) is 11.1. The van der Waals surface area contributed by atoms with Crippen LogP contribution in [0, 0.1) is 0 Å². The Balaban J connectivity index is 1.59. The molecule has 0 radical (unpaired) electrons. The van der Waals surface area contributed by atoms with Crippen LogP contribution in [0.25, 0.3) is 5.57 Å². The number of morpholine rings is 1. The minimum absolute atomic E-state index is 0.154. The molecular weight excluding hydrogens is 382 g/mol. The van der Waals surface area contributed by atoms with Gasteiger partial charge in [-0.2, -0.15) is 0 Å². The van der Waals surface area contributed by atoms with Crippen LogP contribution in [0.2, 0.25) is 0 Å². The number of ether oxygens (including phenoxy) is 2. The second kappa shape index (κ2) is 9.62. The van der Waals surface area contributed by atoms with Crippen molar-refractivity contribution in [3.8, 4) is 5.75 Å². The van der Waals surface area contributed by atoms with Crippen molar-refractivity contribution in [2.75, 3.05) is 59.1 Å². The summed E-state index contributed by atoms with van der Waals surface area (Å²) < 4.78 is 10.9. The maximum atomic E-state index is 13.4. The maximum Gasteiger partial charge on any atom is 0.277 e. The highest BCUT2D eigenvalue weighted by atomic mass is 16.5. The van der Waals surface area contributed by atoms with E-state index in [0.717, 1.165) is 50.3 Å². The standard InChI is InChI=1S/C23H31N3O4/c1-2-30-19-8-6-18(7-9-19)20-21(25-10-4-3-5-11-25)23(28)26(22(20)27)13-12-24-14-16-29-17-15-24/h6-9H,2-5,10-17H2,1H3. The highest BCUT2D eigenvalue weighted by molar-refractivity contribution is 6.35. The highest BCUT2D eigenvalue weighted by Crippen LogP contribution is 2.33. The summed E-state index contributed by atoms with van der Waals surface area (Å²) in [6, 6.07) is 7.52. The van der Waals surface area contributed by atoms with Crippen molar-refractivity contribution in [3.63, 3.8) is 0 Å². The van der Waals surface area contributed by atoms with Gasteiger partial charge < -0.3 is 14.4 Å². The average Bonchev–Trinajstić information content (AvgIpc) is 3.04. The van der Waals surface area contributed by atoms with Crippen molar-refractivity contribution in [1.29, 1.82) is 0 Å². The van der Waals surface area contributed by atoms with Gasteiger partial charge in [-0.15, -0.1) is 0 Å². The lowest BCUT2D eigenvalue weighted by molar-refractivity contribution is -0.138. The fourth-order valence-electron chi connectivity index (χ4n) is 4.39. The molecule has 162 valence electrons. The Labute approximate surface area is 178 Å². The molecule has 0 unspecified atom stereocenters. The van der Waals surface area contributed by atoms with E-state index in [9.17, 15) is 9.59 Å². The van der Waals surface area contributed by atoms with Crippen LogP contribution in [0.3, 0.4) is 0 Å². The predicted molar refractivity (Wildman–Crippen MR) is 114 cm³/mol. The number of likely N-dealkylation sites (tertiary alicyclic amines) is 1. The van der Waals surface area contributed by atoms with Crippen LogP contribution in [0.1, 0.15) is 31.7 Å². The van der Waals surface area contributed by atoms with Gasteiger partial charge in [0.1, 0.15) is 11.4 Å². The number of rotatable bonds is 7. The molecule has 0 N–H and O–H groups in total. The molecule has 0 saturated carbocycles. The quantitative estimate of drug-likeness (QED) is 0.637. The molecule has 0 aliphatic carbocycles. The molecule has 0 atom stereocenters. The zero-order valence-corrected chi connectivity index (χ0v) is 17.8. The molecule has 2 amide bonds. The molecule has 7 heteroatoms. The molecule has 3 aliphatic rings. The van der Waals surface area contributed by atoms with Crippen molar-refractivity contribution < 1.29 is 19.1 Å². The van der Waals surface area contributed by atoms with Gasteiger partial charge >= 0.3 is 0 Å². The molecule has 2 saturated heterocycles. The number of nitrogens with zero attached hydrogens (tertiary/aromatic N) is 3. The van der Waals surface area contributed by atoms with Crippen molar-refractivity contribution >= 4 is 17.4 Å². The molecule has 30 heavy (non-hydrogen) atoms. The van der Waals surface area contributed by atoms with E-state index >= 15 is 0 Å². The van der Waals surface area contributed by atoms with E-state index in [2.05, 4.69) is 9.80 Å². The first-order valence-electron chi connectivity index (χ1n) is 11.1. The second-order valence-corrected chi connectivity index (χ2v) is 7.94. The Hall–Kier alpha value is -2.38. The molecular formula is C23H31N3O4. The van der Waals surface area contributed by atoms with Gasteiger partial charge in [-0.05, 0) is 43.9 Å². The van der Waals surface area contributed by atoms with Gasteiger partial charge in [-0.25, -0.2) is 0 Å². The van der Waals surface area contributed by atoms with Crippen molar-refractivity contribution in [1.82, 2.24) is 14.7 Å². The Bertz CT molecular complexity index is 793. The Morgan fingerprint density at radius 2 is 1.60 bits per heavy atom. The number of amides is 2. The van der Waals surface area contributed by atoms with Crippen LogP contribution in [0.5, 0.6) is 5.75 Å². The van der Waals surface area contributed by atoms with Gasteiger partial charge in [-0.3, -0.25) is 19.4 Å². The highest BCUT2D eigenvalue weighted by Gasteiger charge is 2.41. The van der Waals surface area contributed by atoms with Gasteiger partial charge in [-0.1, -0.05) is 12.1 Å². The monoisotopic (exact) mass is 413 g/mol. The van der Waals surface area contributed by atoms with Gasteiger partial charge in [0.05, 0.1) is 25.4 Å². The second-order valence-electron chi connectivity index (χ2n) is 7.94. The summed E-state index contributed by atoms with van der Waals surface area (Å²) in [5.74, 6) is 0.430. The number of carbonyl (C=O) groups is 2. The Morgan fingerprint density at radius 1 is 0.900 bits per heavy atom. The van der Waals surface area contributed by atoms with Crippen molar-refractivity contribution in [3.05, 3.63) is 35.5 Å². The lowest BCUT2D eigenvalue weighted by Gasteiger charge is -2.30. The van der Waals surface area contributed by atoms with E-state index < -0.39 is 0 Å². The zero-order chi connectivity index (χ0) is 20.9. The van der Waals surface area contributed by atoms with Crippen molar-refractivity contribution in [2.24, 2.45) is 0 Å². The minimum atomic E-state index is -0.182. The average molecular weight is 414 g/mol. The van der Waals surface area contributed by atoms with E-state index in [1.54, 1.807) is 0 Å². The lowest BCUT2D eigenvalue weighted by Crippen LogP contribution is -2.44. The number of imide groups is 1. The molecule has 1 aromatic carbocycles. The molecule has 3 aliphatic heterocycles. The summed E-state index contributed by atoms with van der Waals surface area (Å²) in [7, 11) is 0. The molecule has 4 rings (SSSR count). The minimum Gasteiger partial charge on any atom is -0.494 e. The Kier molecular flexibility index (Phi) is 6.69. The van der Waals surface area contributed by atoms with E-state index in [4.69, 9.17) is 9.47 Å². The summed E-state index contributed by atoms with van der Waals surface area (Å²) in [6.45, 7) is 8.37. The van der Waals surface area contributed by atoms with Crippen LogP contribution < -0.4 is 4.74 Å². The van der Waals surface area contributed by atoms with Gasteiger partial charge in [0.2, 0.25) is 0 Å². The Morgan fingerprint density at radius 3 is 2.27 bits per heavy atom. The molecule has 0 aromatic heterocycles. The molecule has 1 aromatic rings. The predicted octanol–water partition coefficient (Wildman–Crippen LogP) is 1.98. The molecule has 2 fully saturated rings. The fourth-order valence-corrected chi connectivity index (χ4v) is 4.39. The zero-order valence-electron chi connectivity index (χ0n) is 17.8. The molecule has 3 heterocycles. The first-order chi connectivity index (χ1) is 14.7. The maximum absolute atomic E-state index is 13.4. The first kappa shape index (κ1) is 20.9. The largest absolute Gasteiger partial charge is 0.494 e. The molecule has 0 bridgehead atoms. The van der Waals surface area contributed by atoms with E-state index in [1.165, 1.54) is 11.3 Å². The summed E-state index contributed by atoms with van der Waals surface area (Å²) in [4.78, 5) is 32.6. The van der Waals surface area contributed by atoms with Crippen LogP contribution >= 0.6 is 0 Å². The van der Waals surface area contributed by atoms with Gasteiger partial charge in [0, 0.05) is 39.3 Å². The smallest absolute Gasteiger partial charge is 0.277 e. The van der Waals surface area contributed by atoms with Gasteiger partial charge in [0.25, 0.3) is 11.8 Å². The fraction of sp³-hybridized carbons (Fsp3) is 0.565.